The lowest BCUT2D eigenvalue weighted by atomic mass is 9.98. The molecule has 2 aromatic carbocycles. The average molecular weight is 391 g/mol. The lowest BCUT2D eigenvalue weighted by Gasteiger charge is -2.20. The van der Waals surface area contributed by atoms with Gasteiger partial charge in [-0.3, -0.25) is 0 Å². The minimum atomic E-state index is -0.256. The summed E-state index contributed by atoms with van der Waals surface area (Å²) in [7, 11) is 0. The first-order valence-electron chi connectivity index (χ1n) is 6.64. The highest BCUT2D eigenvalue weighted by atomic mass is 79.9. The van der Waals surface area contributed by atoms with Crippen molar-refractivity contribution in [3.63, 3.8) is 0 Å². The average Bonchev–Trinajstić information content (AvgIpc) is 2.45. The zero-order valence-electron chi connectivity index (χ0n) is 11.5. The monoisotopic (exact) mass is 389 g/mol. The smallest absolute Gasteiger partial charge is 0.126 e. The van der Waals surface area contributed by atoms with Gasteiger partial charge in [0.25, 0.3) is 0 Å². The first-order chi connectivity index (χ1) is 10.0. The van der Waals surface area contributed by atoms with Crippen molar-refractivity contribution in [1.82, 2.24) is 5.32 Å². The highest BCUT2D eigenvalue weighted by Crippen LogP contribution is 2.32. The van der Waals surface area contributed by atoms with Gasteiger partial charge in [-0.05, 0) is 64.3 Å². The number of nitrogens with one attached hydrogen (secondary N) is 1. The van der Waals surface area contributed by atoms with Crippen molar-refractivity contribution in [1.29, 1.82) is 0 Å². The molecular weight excluding hydrogens is 376 g/mol. The zero-order chi connectivity index (χ0) is 15.4. The molecule has 1 N–H and O–H groups in total. The molecular formula is C16H15BrCl2FN. The van der Waals surface area contributed by atoms with Crippen LogP contribution in [-0.2, 0) is 6.42 Å². The van der Waals surface area contributed by atoms with Crippen LogP contribution in [0.2, 0.25) is 10.0 Å². The minimum Gasteiger partial charge on any atom is -0.310 e. The van der Waals surface area contributed by atoms with Gasteiger partial charge < -0.3 is 5.32 Å². The van der Waals surface area contributed by atoms with E-state index in [0.29, 0.717) is 22.0 Å². The van der Waals surface area contributed by atoms with E-state index >= 15 is 0 Å². The molecule has 112 valence electrons. The summed E-state index contributed by atoms with van der Waals surface area (Å²) in [6, 6.07) is 10.3. The zero-order valence-corrected chi connectivity index (χ0v) is 14.6. The van der Waals surface area contributed by atoms with Crippen molar-refractivity contribution in [2.75, 3.05) is 6.54 Å². The number of rotatable bonds is 5. The Bertz CT molecular complexity index is 634. The Morgan fingerprint density at radius 1 is 1.24 bits per heavy atom. The van der Waals surface area contributed by atoms with Crippen LogP contribution in [0.3, 0.4) is 0 Å². The highest BCUT2D eigenvalue weighted by molar-refractivity contribution is 9.10. The predicted molar refractivity (Wildman–Crippen MR) is 90.7 cm³/mol. The van der Waals surface area contributed by atoms with Crippen LogP contribution in [0.4, 0.5) is 4.39 Å². The maximum Gasteiger partial charge on any atom is 0.126 e. The van der Waals surface area contributed by atoms with E-state index in [0.717, 1.165) is 16.6 Å². The molecule has 0 radical (unpaired) electrons. The Hall–Kier alpha value is -0.610. The summed E-state index contributed by atoms with van der Waals surface area (Å²) in [5, 5.41) is 4.52. The summed E-state index contributed by atoms with van der Waals surface area (Å²) < 4.78 is 14.8. The maximum atomic E-state index is 13.9. The van der Waals surface area contributed by atoms with E-state index in [-0.39, 0.29) is 11.9 Å². The second-order valence-corrected chi connectivity index (χ2v) is 6.36. The predicted octanol–water partition coefficient (Wildman–Crippen LogP) is 5.79. The molecule has 0 aliphatic heterocycles. The lowest BCUT2D eigenvalue weighted by molar-refractivity contribution is 0.528. The van der Waals surface area contributed by atoms with Gasteiger partial charge in [0.05, 0.1) is 5.02 Å². The van der Waals surface area contributed by atoms with Gasteiger partial charge >= 0.3 is 0 Å². The number of likely N-dealkylation sites (N-methyl/N-ethyl adjacent to an activating group) is 1. The molecule has 0 aromatic heterocycles. The quantitative estimate of drug-likeness (QED) is 0.681. The molecule has 21 heavy (non-hydrogen) atoms. The molecule has 5 heteroatoms. The summed E-state index contributed by atoms with van der Waals surface area (Å²) in [6.45, 7) is 2.77. The fourth-order valence-corrected chi connectivity index (χ4v) is 3.08. The Morgan fingerprint density at radius 3 is 2.71 bits per heavy atom. The van der Waals surface area contributed by atoms with E-state index < -0.39 is 0 Å². The van der Waals surface area contributed by atoms with E-state index in [2.05, 4.69) is 21.2 Å². The Kier molecular flexibility index (Phi) is 6.06. The van der Waals surface area contributed by atoms with Gasteiger partial charge in [-0.15, -0.1) is 0 Å². The third-order valence-electron chi connectivity index (χ3n) is 3.24. The molecule has 0 saturated heterocycles. The molecule has 2 aromatic rings. The number of hydrogen-bond donors (Lipinski definition) is 1. The summed E-state index contributed by atoms with van der Waals surface area (Å²) >= 11 is 15.7. The number of halogens is 4. The third kappa shape index (κ3) is 4.19. The molecule has 0 aliphatic rings. The molecule has 1 unspecified atom stereocenters. The molecule has 0 saturated carbocycles. The van der Waals surface area contributed by atoms with Gasteiger partial charge in [0.1, 0.15) is 5.82 Å². The van der Waals surface area contributed by atoms with Crippen LogP contribution in [0.15, 0.2) is 40.9 Å². The van der Waals surface area contributed by atoms with Gasteiger partial charge in [0.15, 0.2) is 0 Å². The largest absolute Gasteiger partial charge is 0.310 e. The summed E-state index contributed by atoms with van der Waals surface area (Å²) in [5.41, 5.74) is 1.51. The normalized spacial score (nSPS) is 12.4. The highest BCUT2D eigenvalue weighted by Gasteiger charge is 2.17. The molecule has 2 rings (SSSR count). The van der Waals surface area contributed by atoms with Crippen molar-refractivity contribution < 1.29 is 4.39 Å². The van der Waals surface area contributed by atoms with E-state index in [9.17, 15) is 4.39 Å². The molecule has 0 aliphatic carbocycles. The summed E-state index contributed by atoms with van der Waals surface area (Å²) in [4.78, 5) is 0. The number of hydrogen-bond acceptors (Lipinski definition) is 1. The van der Waals surface area contributed by atoms with Crippen LogP contribution in [0.5, 0.6) is 0 Å². The second kappa shape index (κ2) is 7.59. The Balaban J connectivity index is 2.35. The first kappa shape index (κ1) is 16.8. The molecule has 1 atom stereocenters. The fourth-order valence-electron chi connectivity index (χ4n) is 2.25. The van der Waals surface area contributed by atoms with Crippen molar-refractivity contribution in [3.05, 3.63) is 67.9 Å². The standard InChI is InChI=1S/C16H15BrCl2FN/c1-2-21-15(12-4-3-5-13(17)16(12)19)9-10-8-11(18)6-7-14(10)20/h3-8,15,21H,2,9H2,1H3. The maximum absolute atomic E-state index is 13.9. The van der Waals surface area contributed by atoms with Crippen molar-refractivity contribution in [3.8, 4) is 0 Å². The fraction of sp³-hybridized carbons (Fsp3) is 0.250. The van der Waals surface area contributed by atoms with E-state index in [1.807, 2.05) is 25.1 Å². The lowest BCUT2D eigenvalue weighted by Crippen LogP contribution is -2.23. The van der Waals surface area contributed by atoms with Gasteiger partial charge in [-0.25, -0.2) is 4.39 Å². The topological polar surface area (TPSA) is 12.0 Å². The van der Waals surface area contributed by atoms with Crippen LogP contribution < -0.4 is 5.32 Å². The summed E-state index contributed by atoms with van der Waals surface area (Å²) in [5.74, 6) is -0.256. The van der Waals surface area contributed by atoms with Crippen LogP contribution in [-0.4, -0.2) is 6.54 Å². The van der Waals surface area contributed by atoms with E-state index in [1.54, 1.807) is 12.1 Å². The Labute approximate surface area is 142 Å². The van der Waals surface area contributed by atoms with Crippen LogP contribution in [0, 0.1) is 5.82 Å². The van der Waals surface area contributed by atoms with E-state index in [1.165, 1.54) is 6.07 Å². The third-order valence-corrected chi connectivity index (χ3v) is 4.79. The molecule has 0 heterocycles. The minimum absolute atomic E-state index is 0.0760. The Morgan fingerprint density at radius 2 is 2.00 bits per heavy atom. The van der Waals surface area contributed by atoms with E-state index in [4.69, 9.17) is 23.2 Å². The van der Waals surface area contributed by atoms with Crippen LogP contribution in [0.25, 0.3) is 0 Å². The van der Waals surface area contributed by atoms with Gasteiger partial charge in [0.2, 0.25) is 0 Å². The first-order valence-corrected chi connectivity index (χ1v) is 8.19. The van der Waals surface area contributed by atoms with Gasteiger partial charge in [0, 0.05) is 15.5 Å². The van der Waals surface area contributed by atoms with Gasteiger partial charge in [-0.2, -0.15) is 0 Å². The van der Waals surface area contributed by atoms with Crippen molar-refractivity contribution in [2.24, 2.45) is 0 Å². The molecule has 0 bridgehead atoms. The van der Waals surface area contributed by atoms with Crippen LogP contribution in [0.1, 0.15) is 24.1 Å². The molecule has 0 spiro atoms. The van der Waals surface area contributed by atoms with Crippen molar-refractivity contribution in [2.45, 2.75) is 19.4 Å². The van der Waals surface area contributed by atoms with Gasteiger partial charge in [-0.1, -0.05) is 42.3 Å². The molecule has 0 amide bonds. The summed E-state index contributed by atoms with van der Waals surface area (Å²) in [6.07, 6.45) is 0.483. The molecule has 0 fully saturated rings. The molecule has 1 nitrogen and oxygen atoms in total. The van der Waals surface area contributed by atoms with Crippen molar-refractivity contribution >= 4 is 39.1 Å². The van der Waals surface area contributed by atoms with Crippen LogP contribution >= 0.6 is 39.1 Å². The number of benzene rings is 2. The SMILES string of the molecule is CCNC(Cc1cc(Cl)ccc1F)c1cccc(Br)c1Cl. The second-order valence-electron chi connectivity index (χ2n) is 4.69.